The first-order valence-corrected chi connectivity index (χ1v) is 10.3. The number of carbonyl (C=O) groups is 1. The number of benzene rings is 2. The molecule has 0 aliphatic rings. The maximum absolute atomic E-state index is 12.9. The first-order chi connectivity index (χ1) is 15.0. The van der Waals surface area contributed by atoms with Crippen LogP contribution in [0, 0.1) is 6.92 Å². The standard InChI is InChI=1S/C22H18BrN5O3/c1-14-20-21(31-27-14)18(11-15-6-3-2-4-7-15)26-28(22(20)30)13-19(29)25-24-12-16-8-5-9-17(23)10-16/h2-10,12H,11,13H2,1H3,(H,25,29)/b24-12-. The fourth-order valence-electron chi connectivity index (χ4n) is 3.13. The molecule has 1 N–H and O–H groups in total. The lowest BCUT2D eigenvalue weighted by molar-refractivity contribution is -0.121. The first-order valence-electron chi connectivity index (χ1n) is 9.48. The van der Waals surface area contributed by atoms with Gasteiger partial charge in [-0.25, -0.2) is 10.1 Å². The van der Waals surface area contributed by atoms with Crippen LogP contribution in [0.15, 0.2) is 73.5 Å². The van der Waals surface area contributed by atoms with Gasteiger partial charge in [0.1, 0.15) is 17.6 Å². The minimum absolute atomic E-state index is 0.281. The average Bonchev–Trinajstić information content (AvgIpc) is 3.14. The Morgan fingerprint density at radius 2 is 2.03 bits per heavy atom. The summed E-state index contributed by atoms with van der Waals surface area (Å²) in [5.41, 5.74) is 5.14. The number of fused-ring (bicyclic) bond motifs is 1. The Hall–Kier alpha value is -3.59. The normalized spacial score (nSPS) is 11.3. The smallest absolute Gasteiger partial charge is 0.280 e. The van der Waals surface area contributed by atoms with Crippen LogP contribution in [-0.2, 0) is 17.8 Å². The third-order valence-electron chi connectivity index (χ3n) is 4.57. The summed E-state index contributed by atoms with van der Waals surface area (Å²) in [6, 6.07) is 17.1. The second-order valence-electron chi connectivity index (χ2n) is 6.89. The number of nitrogens with zero attached hydrogens (tertiary/aromatic N) is 4. The zero-order valence-corrected chi connectivity index (χ0v) is 18.2. The Balaban J connectivity index is 1.58. The fraction of sp³-hybridized carbons (Fsp3) is 0.136. The highest BCUT2D eigenvalue weighted by Gasteiger charge is 2.19. The molecule has 0 saturated heterocycles. The Kier molecular flexibility index (Phi) is 6.03. The molecule has 0 unspecified atom stereocenters. The van der Waals surface area contributed by atoms with E-state index < -0.39 is 11.5 Å². The van der Waals surface area contributed by atoms with Gasteiger partial charge in [-0.1, -0.05) is 63.6 Å². The Bertz CT molecular complexity index is 1330. The molecule has 2 heterocycles. The Morgan fingerprint density at radius 1 is 1.23 bits per heavy atom. The molecule has 2 aromatic carbocycles. The quantitative estimate of drug-likeness (QED) is 0.337. The number of hydrogen-bond acceptors (Lipinski definition) is 6. The van der Waals surface area contributed by atoms with E-state index in [1.807, 2.05) is 54.6 Å². The van der Waals surface area contributed by atoms with E-state index in [2.05, 4.69) is 36.7 Å². The molecule has 1 amide bonds. The summed E-state index contributed by atoms with van der Waals surface area (Å²) in [6.45, 7) is 1.41. The zero-order chi connectivity index (χ0) is 21.8. The van der Waals surface area contributed by atoms with Crippen LogP contribution in [0.5, 0.6) is 0 Å². The number of aromatic nitrogens is 3. The van der Waals surface area contributed by atoms with Crippen molar-refractivity contribution in [2.45, 2.75) is 19.9 Å². The van der Waals surface area contributed by atoms with Crippen molar-refractivity contribution in [1.29, 1.82) is 0 Å². The summed E-state index contributed by atoms with van der Waals surface area (Å²) >= 11 is 3.38. The van der Waals surface area contributed by atoms with Crippen LogP contribution in [-0.4, -0.2) is 27.1 Å². The van der Waals surface area contributed by atoms with Gasteiger partial charge >= 0.3 is 0 Å². The summed E-state index contributed by atoms with van der Waals surface area (Å²) in [4.78, 5) is 25.2. The van der Waals surface area contributed by atoms with Gasteiger partial charge in [0, 0.05) is 10.9 Å². The molecule has 4 aromatic rings. The summed E-state index contributed by atoms with van der Waals surface area (Å²) in [5, 5.41) is 12.6. The minimum atomic E-state index is -0.472. The van der Waals surface area contributed by atoms with Gasteiger partial charge in [0.15, 0.2) is 5.58 Å². The van der Waals surface area contributed by atoms with Gasteiger partial charge in [0.05, 0.1) is 11.9 Å². The predicted molar refractivity (Wildman–Crippen MR) is 120 cm³/mol. The maximum atomic E-state index is 12.9. The third-order valence-corrected chi connectivity index (χ3v) is 5.07. The largest absolute Gasteiger partial charge is 0.354 e. The van der Waals surface area contributed by atoms with Crippen molar-refractivity contribution in [3.05, 3.63) is 91.9 Å². The van der Waals surface area contributed by atoms with E-state index in [4.69, 9.17) is 4.52 Å². The summed E-state index contributed by atoms with van der Waals surface area (Å²) in [5.74, 6) is -0.472. The molecule has 9 heteroatoms. The van der Waals surface area contributed by atoms with E-state index in [1.165, 1.54) is 6.21 Å². The molecule has 0 spiro atoms. The van der Waals surface area contributed by atoms with E-state index in [0.717, 1.165) is 20.3 Å². The lowest BCUT2D eigenvalue weighted by atomic mass is 10.1. The number of carbonyl (C=O) groups excluding carboxylic acids is 1. The maximum Gasteiger partial charge on any atom is 0.280 e. The number of hydrogen-bond donors (Lipinski definition) is 1. The van der Waals surface area contributed by atoms with Crippen LogP contribution in [0.4, 0.5) is 0 Å². The monoisotopic (exact) mass is 479 g/mol. The van der Waals surface area contributed by atoms with Crippen molar-refractivity contribution in [3.8, 4) is 0 Å². The van der Waals surface area contributed by atoms with Gasteiger partial charge in [-0.15, -0.1) is 0 Å². The molecule has 0 bridgehead atoms. The van der Waals surface area contributed by atoms with Crippen molar-refractivity contribution in [3.63, 3.8) is 0 Å². The molecule has 31 heavy (non-hydrogen) atoms. The van der Waals surface area contributed by atoms with Crippen molar-refractivity contribution >= 4 is 39.0 Å². The van der Waals surface area contributed by atoms with Crippen LogP contribution in [0.1, 0.15) is 22.5 Å². The van der Waals surface area contributed by atoms with Crippen molar-refractivity contribution in [1.82, 2.24) is 20.4 Å². The minimum Gasteiger partial charge on any atom is -0.354 e. The number of nitrogens with one attached hydrogen (secondary N) is 1. The number of rotatable bonds is 6. The lowest BCUT2D eigenvalue weighted by Gasteiger charge is -2.07. The SMILES string of the molecule is Cc1noc2c(Cc3ccccc3)nn(CC(=O)N/N=C\c3cccc(Br)c3)c(=O)c12. The molecular weight excluding hydrogens is 462 g/mol. The van der Waals surface area contributed by atoms with Crippen LogP contribution < -0.4 is 11.0 Å². The molecule has 4 rings (SSSR count). The molecule has 0 saturated carbocycles. The molecule has 0 radical (unpaired) electrons. The zero-order valence-electron chi connectivity index (χ0n) is 16.6. The predicted octanol–water partition coefficient (Wildman–Crippen LogP) is 3.20. The fourth-order valence-corrected chi connectivity index (χ4v) is 3.55. The second kappa shape index (κ2) is 9.05. The molecule has 156 valence electrons. The van der Waals surface area contributed by atoms with Crippen LogP contribution in [0.2, 0.25) is 0 Å². The van der Waals surface area contributed by atoms with Gasteiger partial charge in [0.25, 0.3) is 11.5 Å². The highest BCUT2D eigenvalue weighted by molar-refractivity contribution is 9.10. The van der Waals surface area contributed by atoms with Crippen LogP contribution in [0.25, 0.3) is 11.0 Å². The summed E-state index contributed by atoms with van der Waals surface area (Å²) in [6.07, 6.45) is 1.96. The first kappa shape index (κ1) is 20.7. The molecule has 8 nitrogen and oxygen atoms in total. The molecular formula is C22H18BrN5O3. The number of hydrazone groups is 1. The van der Waals surface area contributed by atoms with Crippen molar-refractivity contribution in [2.24, 2.45) is 5.10 Å². The highest BCUT2D eigenvalue weighted by Crippen LogP contribution is 2.19. The van der Waals surface area contributed by atoms with E-state index >= 15 is 0 Å². The molecule has 0 aliphatic carbocycles. The van der Waals surface area contributed by atoms with E-state index in [9.17, 15) is 9.59 Å². The van der Waals surface area contributed by atoms with Crippen LogP contribution >= 0.6 is 15.9 Å². The van der Waals surface area contributed by atoms with E-state index in [-0.39, 0.29) is 6.54 Å². The number of aryl methyl sites for hydroxylation is 1. The van der Waals surface area contributed by atoms with Gasteiger partial charge in [-0.2, -0.15) is 10.2 Å². The summed E-state index contributed by atoms with van der Waals surface area (Å²) in [7, 11) is 0. The molecule has 0 aliphatic heterocycles. The van der Waals surface area contributed by atoms with E-state index in [1.54, 1.807) is 6.92 Å². The second-order valence-corrected chi connectivity index (χ2v) is 7.81. The van der Waals surface area contributed by atoms with Gasteiger partial charge in [0.2, 0.25) is 0 Å². The van der Waals surface area contributed by atoms with Crippen molar-refractivity contribution in [2.75, 3.05) is 0 Å². The number of amides is 1. The Labute approximate surface area is 185 Å². The molecule has 0 atom stereocenters. The van der Waals surface area contributed by atoms with Crippen molar-refractivity contribution < 1.29 is 9.32 Å². The summed E-state index contributed by atoms with van der Waals surface area (Å²) < 4.78 is 7.39. The topological polar surface area (TPSA) is 102 Å². The molecule has 0 fully saturated rings. The highest BCUT2D eigenvalue weighted by atomic mass is 79.9. The third kappa shape index (κ3) is 4.77. The van der Waals surface area contributed by atoms with E-state index in [0.29, 0.717) is 28.8 Å². The van der Waals surface area contributed by atoms with Crippen LogP contribution in [0.3, 0.4) is 0 Å². The lowest BCUT2D eigenvalue weighted by Crippen LogP contribution is -2.32. The van der Waals surface area contributed by atoms with Gasteiger partial charge < -0.3 is 4.52 Å². The van der Waals surface area contributed by atoms with Gasteiger partial charge in [-0.3, -0.25) is 9.59 Å². The average molecular weight is 480 g/mol. The Morgan fingerprint density at radius 3 is 2.81 bits per heavy atom. The number of halogens is 1. The van der Waals surface area contributed by atoms with Gasteiger partial charge in [-0.05, 0) is 30.2 Å². The molecule has 2 aromatic heterocycles.